The van der Waals surface area contributed by atoms with Crippen molar-refractivity contribution in [3.8, 4) is 0 Å². The molecule has 146 valence electrons. The third-order valence-corrected chi connectivity index (χ3v) is 6.09. The molecule has 1 aromatic heterocycles. The van der Waals surface area contributed by atoms with Crippen LogP contribution in [0.25, 0.3) is 0 Å². The van der Waals surface area contributed by atoms with Crippen LogP contribution < -0.4 is 0 Å². The van der Waals surface area contributed by atoms with Crippen molar-refractivity contribution < 1.29 is 14.4 Å². The second kappa shape index (κ2) is 8.24. The maximum absolute atomic E-state index is 12.5. The maximum atomic E-state index is 12.5. The Kier molecular flexibility index (Phi) is 5.54. The summed E-state index contributed by atoms with van der Waals surface area (Å²) < 4.78 is 0. The van der Waals surface area contributed by atoms with E-state index in [9.17, 15) is 14.4 Å². The third-order valence-electron chi connectivity index (χ3n) is 5.36. The first-order valence-corrected chi connectivity index (χ1v) is 10.5. The predicted octanol–water partition coefficient (Wildman–Crippen LogP) is 2.47. The normalized spacial score (nSPS) is 17.3. The number of rotatable bonds is 6. The number of hydrogen-bond donors (Lipinski definition) is 0. The Labute approximate surface area is 168 Å². The van der Waals surface area contributed by atoms with Crippen LogP contribution in [0.1, 0.15) is 39.1 Å². The van der Waals surface area contributed by atoms with Gasteiger partial charge >= 0.3 is 0 Å². The van der Waals surface area contributed by atoms with E-state index >= 15 is 0 Å². The van der Waals surface area contributed by atoms with Crippen molar-refractivity contribution in [2.24, 2.45) is 0 Å². The Morgan fingerprint density at radius 1 is 0.964 bits per heavy atom. The molecule has 28 heavy (non-hydrogen) atoms. The van der Waals surface area contributed by atoms with Gasteiger partial charge in [-0.3, -0.25) is 24.2 Å². The lowest BCUT2D eigenvalue weighted by Crippen LogP contribution is -2.48. The first-order valence-electron chi connectivity index (χ1n) is 9.60. The minimum absolute atomic E-state index is 0.104. The Balaban J connectivity index is 1.21. The van der Waals surface area contributed by atoms with E-state index in [1.165, 1.54) is 10.5 Å². The van der Waals surface area contributed by atoms with Crippen molar-refractivity contribution in [1.82, 2.24) is 14.7 Å². The number of hydrogen-bond acceptors (Lipinski definition) is 5. The van der Waals surface area contributed by atoms with Gasteiger partial charge in [-0.05, 0) is 40.9 Å². The van der Waals surface area contributed by atoms with E-state index in [0.717, 1.165) is 32.7 Å². The fourth-order valence-corrected chi connectivity index (χ4v) is 4.44. The second-order valence-electron chi connectivity index (χ2n) is 7.20. The number of imide groups is 1. The number of nitrogens with zero attached hydrogens (tertiary/aromatic N) is 3. The summed E-state index contributed by atoms with van der Waals surface area (Å²) in [6, 6.07) is 9.01. The van der Waals surface area contributed by atoms with Crippen molar-refractivity contribution in [3.05, 3.63) is 57.8 Å². The molecule has 0 unspecified atom stereocenters. The van der Waals surface area contributed by atoms with E-state index in [-0.39, 0.29) is 24.3 Å². The van der Waals surface area contributed by atoms with Crippen LogP contribution in [-0.2, 0) is 11.3 Å². The molecule has 0 bridgehead atoms. The summed E-state index contributed by atoms with van der Waals surface area (Å²) in [5, 5.41) is 4.25. The van der Waals surface area contributed by atoms with Gasteiger partial charge in [-0.15, -0.1) is 0 Å². The number of piperazine rings is 1. The molecule has 2 aliphatic rings. The van der Waals surface area contributed by atoms with Crippen LogP contribution in [0.2, 0.25) is 0 Å². The van der Waals surface area contributed by atoms with Crippen LogP contribution in [0, 0.1) is 0 Å². The van der Waals surface area contributed by atoms with Gasteiger partial charge in [-0.25, -0.2) is 0 Å². The second-order valence-corrected chi connectivity index (χ2v) is 7.98. The van der Waals surface area contributed by atoms with Crippen molar-refractivity contribution >= 4 is 29.1 Å². The van der Waals surface area contributed by atoms with E-state index in [1.54, 1.807) is 35.6 Å². The van der Waals surface area contributed by atoms with Gasteiger partial charge < -0.3 is 4.90 Å². The Morgan fingerprint density at radius 2 is 1.64 bits per heavy atom. The molecule has 0 atom stereocenters. The average molecular weight is 398 g/mol. The van der Waals surface area contributed by atoms with Crippen LogP contribution in [0.4, 0.5) is 0 Å². The fraction of sp³-hybridized carbons (Fsp3) is 0.381. The summed E-state index contributed by atoms with van der Waals surface area (Å²) in [5.41, 5.74) is 2.24. The minimum atomic E-state index is -0.255. The fourth-order valence-electron chi connectivity index (χ4n) is 3.78. The molecule has 0 saturated carbocycles. The number of fused-ring (bicyclic) bond motifs is 1. The highest BCUT2D eigenvalue weighted by Crippen LogP contribution is 2.22. The number of benzene rings is 1. The number of carbonyl (C=O) groups excluding carboxylic acids is 3. The van der Waals surface area contributed by atoms with E-state index < -0.39 is 0 Å². The van der Waals surface area contributed by atoms with E-state index in [2.05, 4.69) is 21.7 Å². The molecule has 0 N–H and O–H groups in total. The van der Waals surface area contributed by atoms with Gasteiger partial charge in [0, 0.05) is 45.7 Å². The first-order chi connectivity index (χ1) is 13.6. The molecule has 0 aliphatic carbocycles. The highest BCUT2D eigenvalue weighted by Gasteiger charge is 2.34. The Morgan fingerprint density at radius 3 is 2.25 bits per heavy atom. The summed E-state index contributed by atoms with van der Waals surface area (Å²) >= 11 is 1.71. The summed E-state index contributed by atoms with van der Waals surface area (Å²) in [5.74, 6) is -0.406. The molecule has 2 aromatic rings. The lowest BCUT2D eigenvalue weighted by Gasteiger charge is -2.34. The van der Waals surface area contributed by atoms with Crippen LogP contribution in [0.5, 0.6) is 0 Å². The highest BCUT2D eigenvalue weighted by atomic mass is 32.1. The topological polar surface area (TPSA) is 60.9 Å². The third kappa shape index (κ3) is 3.86. The summed E-state index contributed by atoms with van der Waals surface area (Å²) in [6.45, 7) is 4.44. The zero-order chi connectivity index (χ0) is 19.5. The largest absolute Gasteiger partial charge is 0.340 e. The molecule has 0 spiro atoms. The molecular weight excluding hydrogens is 374 g/mol. The molecule has 1 saturated heterocycles. The molecule has 3 amide bonds. The minimum Gasteiger partial charge on any atom is -0.340 e. The van der Waals surface area contributed by atoms with Gasteiger partial charge in [-0.1, -0.05) is 12.1 Å². The molecule has 4 rings (SSSR count). The van der Waals surface area contributed by atoms with E-state index in [0.29, 0.717) is 24.0 Å². The van der Waals surface area contributed by atoms with Crippen LogP contribution >= 0.6 is 11.3 Å². The number of carbonyl (C=O) groups is 3. The van der Waals surface area contributed by atoms with Crippen LogP contribution in [-0.4, -0.2) is 65.1 Å². The van der Waals surface area contributed by atoms with Gasteiger partial charge in [-0.2, -0.15) is 11.3 Å². The van der Waals surface area contributed by atoms with E-state index in [4.69, 9.17) is 0 Å². The van der Waals surface area contributed by atoms with Crippen LogP contribution in [0.15, 0.2) is 41.1 Å². The van der Waals surface area contributed by atoms with Crippen LogP contribution in [0.3, 0.4) is 0 Å². The molecule has 0 radical (unpaired) electrons. The van der Waals surface area contributed by atoms with Crippen molar-refractivity contribution in [3.63, 3.8) is 0 Å². The predicted molar refractivity (Wildman–Crippen MR) is 107 cm³/mol. The van der Waals surface area contributed by atoms with Gasteiger partial charge in [0.1, 0.15) is 0 Å². The molecule has 2 aliphatic heterocycles. The molecule has 1 aromatic carbocycles. The van der Waals surface area contributed by atoms with Gasteiger partial charge in [0.25, 0.3) is 11.8 Å². The lowest BCUT2D eigenvalue weighted by atomic mass is 10.1. The van der Waals surface area contributed by atoms with Gasteiger partial charge in [0.2, 0.25) is 5.91 Å². The number of amides is 3. The zero-order valence-corrected chi connectivity index (χ0v) is 16.5. The first kappa shape index (κ1) is 18.8. The molecular formula is C21H23N3O3S. The smallest absolute Gasteiger partial charge is 0.261 e. The van der Waals surface area contributed by atoms with Crippen molar-refractivity contribution in [2.45, 2.75) is 19.4 Å². The standard InChI is InChI=1S/C21H23N3O3S/c25-19(23-11-9-22(10-12-23)14-16-7-13-28-15-16)6-3-8-24-20(26)17-4-1-2-5-18(17)21(24)27/h1-2,4-5,7,13,15H,3,6,8-12,14H2. The van der Waals surface area contributed by atoms with Crippen molar-refractivity contribution in [1.29, 1.82) is 0 Å². The summed E-state index contributed by atoms with van der Waals surface area (Å²) in [4.78, 5) is 42.7. The van der Waals surface area contributed by atoms with Gasteiger partial charge in [0.15, 0.2) is 0 Å². The molecule has 1 fully saturated rings. The summed E-state index contributed by atoms with van der Waals surface area (Å²) in [7, 11) is 0. The highest BCUT2D eigenvalue weighted by molar-refractivity contribution is 7.07. The molecule has 3 heterocycles. The molecule has 7 heteroatoms. The molecule has 6 nitrogen and oxygen atoms in total. The zero-order valence-electron chi connectivity index (χ0n) is 15.7. The van der Waals surface area contributed by atoms with Gasteiger partial charge in [0.05, 0.1) is 11.1 Å². The maximum Gasteiger partial charge on any atom is 0.261 e. The Bertz CT molecular complexity index is 838. The number of thiophene rings is 1. The van der Waals surface area contributed by atoms with Crippen molar-refractivity contribution in [2.75, 3.05) is 32.7 Å². The monoisotopic (exact) mass is 397 g/mol. The Hall–Kier alpha value is -2.51. The van der Waals surface area contributed by atoms with E-state index in [1.807, 2.05) is 4.90 Å². The quantitative estimate of drug-likeness (QED) is 0.703. The SMILES string of the molecule is O=C(CCCN1C(=O)c2ccccc2C1=O)N1CCN(Cc2ccsc2)CC1. The lowest BCUT2D eigenvalue weighted by molar-refractivity contribution is -0.133. The average Bonchev–Trinajstić information content (AvgIpc) is 3.31. The summed E-state index contributed by atoms with van der Waals surface area (Å²) in [6.07, 6.45) is 0.858.